The Hall–Kier alpha value is -3.26. The van der Waals surface area contributed by atoms with Gasteiger partial charge in [-0.15, -0.1) is 10.2 Å². The molecular formula is C18H19N5O6S2. The number of rotatable bonds is 6. The summed E-state index contributed by atoms with van der Waals surface area (Å²) in [6.45, 7) is 0. The molecule has 0 aliphatic rings. The minimum Gasteiger partial charge on any atom is -0.506 e. The second kappa shape index (κ2) is 8.11. The topological polar surface area (TPSA) is 176 Å². The van der Waals surface area contributed by atoms with Gasteiger partial charge >= 0.3 is 10.2 Å². The molecule has 13 heteroatoms. The van der Waals surface area contributed by atoms with Crippen molar-refractivity contribution in [1.82, 2.24) is 4.31 Å². The number of aromatic hydroxyl groups is 2. The van der Waals surface area contributed by atoms with Crippen LogP contribution in [0.1, 0.15) is 0 Å². The highest BCUT2D eigenvalue weighted by atomic mass is 32.2. The van der Waals surface area contributed by atoms with E-state index in [-0.39, 0.29) is 38.8 Å². The molecule has 0 bridgehead atoms. The molecule has 0 aliphatic carbocycles. The minimum atomic E-state index is -4.05. The molecule has 1 atom stereocenters. The van der Waals surface area contributed by atoms with E-state index in [0.29, 0.717) is 5.39 Å². The summed E-state index contributed by atoms with van der Waals surface area (Å²) < 4.78 is 56.2. The number of nitrogens with one attached hydrogen (secondary N) is 2. The maximum Gasteiger partial charge on any atom is 0.301 e. The van der Waals surface area contributed by atoms with Gasteiger partial charge in [-0.1, -0.05) is 18.2 Å². The van der Waals surface area contributed by atoms with Crippen LogP contribution in [0.25, 0.3) is 10.8 Å². The van der Waals surface area contributed by atoms with Crippen LogP contribution in [-0.2, 0) is 20.2 Å². The zero-order chi connectivity index (χ0) is 23.0. The van der Waals surface area contributed by atoms with Crippen molar-refractivity contribution < 1.29 is 27.4 Å². The van der Waals surface area contributed by atoms with Gasteiger partial charge in [0.2, 0.25) is 0 Å². The Bertz CT molecular complexity index is 1400. The largest absolute Gasteiger partial charge is 0.506 e. The average molecular weight is 466 g/mol. The highest BCUT2D eigenvalue weighted by Crippen LogP contribution is 2.41. The zero-order valence-electron chi connectivity index (χ0n) is 16.3. The number of azo groups is 1. The molecule has 3 aromatic carbocycles. The van der Waals surface area contributed by atoms with Crippen molar-refractivity contribution in [1.29, 1.82) is 4.78 Å². The first-order valence-electron chi connectivity index (χ1n) is 8.61. The van der Waals surface area contributed by atoms with Crippen LogP contribution in [-0.4, -0.2) is 45.8 Å². The Balaban J connectivity index is 2.18. The first kappa shape index (κ1) is 22.4. The van der Waals surface area contributed by atoms with Crippen LogP contribution in [0.3, 0.4) is 0 Å². The number of hydrogen-bond donors (Lipinski definition) is 5. The van der Waals surface area contributed by atoms with E-state index in [4.69, 9.17) is 4.78 Å². The SMILES string of the molecule is CN(C)S(=O)(=O)Nc1cccc2ccc(O)c(N=Nc3cc(S(=N)(=O)O)ccc3O)c12. The molecule has 0 saturated heterocycles. The van der Waals surface area contributed by atoms with Gasteiger partial charge in [0.1, 0.15) is 22.9 Å². The van der Waals surface area contributed by atoms with Gasteiger partial charge in [-0.05, 0) is 35.7 Å². The Labute approximate surface area is 178 Å². The van der Waals surface area contributed by atoms with Crippen molar-refractivity contribution in [2.45, 2.75) is 4.90 Å². The fraction of sp³-hybridized carbons (Fsp3) is 0.111. The molecule has 0 heterocycles. The van der Waals surface area contributed by atoms with Crippen molar-refractivity contribution in [3.63, 3.8) is 0 Å². The van der Waals surface area contributed by atoms with E-state index in [1.807, 2.05) is 0 Å². The Morgan fingerprint density at radius 1 is 0.968 bits per heavy atom. The maximum atomic E-state index is 12.3. The summed E-state index contributed by atoms with van der Waals surface area (Å²) in [7, 11) is -5.20. The first-order chi connectivity index (χ1) is 14.4. The standard InChI is InChI=1S/C18H19N5O6S2/c1-23(2)31(28,29)22-13-5-3-4-11-6-8-16(25)18(17(11)13)21-20-14-10-12(30(19,26)27)7-9-15(14)24/h3-10,22,24-25H,1-2H3,(H2,19,26,27). The molecule has 0 radical (unpaired) electrons. The lowest BCUT2D eigenvalue weighted by atomic mass is 10.1. The molecule has 3 rings (SSSR count). The van der Waals surface area contributed by atoms with Gasteiger partial charge < -0.3 is 10.2 Å². The van der Waals surface area contributed by atoms with Crippen LogP contribution < -0.4 is 4.72 Å². The van der Waals surface area contributed by atoms with E-state index >= 15 is 0 Å². The summed E-state index contributed by atoms with van der Waals surface area (Å²) in [5.74, 6) is -0.681. The molecule has 0 spiro atoms. The average Bonchev–Trinajstić information content (AvgIpc) is 2.67. The number of hydrogen-bond acceptors (Lipinski definition) is 8. The number of phenols is 2. The van der Waals surface area contributed by atoms with Crippen LogP contribution in [0.15, 0.2) is 63.7 Å². The van der Waals surface area contributed by atoms with E-state index in [1.54, 1.807) is 18.2 Å². The Morgan fingerprint density at radius 2 is 1.65 bits per heavy atom. The summed E-state index contributed by atoms with van der Waals surface area (Å²) in [5.41, 5.74) is -0.164. The van der Waals surface area contributed by atoms with E-state index in [0.717, 1.165) is 22.5 Å². The smallest absolute Gasteiger partial charge is 0.301 e. The number of anilines is 1. The second-order valence-corrected chi connectivity index (χ2v) is 10.0. The van der Waals surface area contributed by atoms with E-state index in [9.17, 15) is 27.4 Å². The summed E-state index contributed by atoms with van der Waals surface area (Å²) in [6.07, 6.45) is 0. The summed E-state index contributed by atoms with van der Waals surface area (Å²) in [5, 5.41) is 28.9. The van der Waals surface area contributed by atoms with E-state index < -0.39 is 20.2 Å². The summed E-state index contributed by atoms with van der Waals surface area (Å²) in [6, 6.07) is 10.9. The van der Waals surface area contributed by atoms with Crippen molar-refractivity contribution in [2.24, 2.45) is 10.2 Å². The molecule has 3 aromatic rings. The van der Waals surface area contributed by atoms with Gasteiger partial charge in [0.25, 0.3) is 0 Å². The van der Waals surface area contributed by atoms with E-state index in [2.05, 4.69) is 15.0 Å². The summed E-state index contributed by atoms with van der Waals surface area (Å²) >= 11 is 0. The first-order valence-corrected chi connectivity index (χ1v) is 11.6. The van der Waals surface area contributed by atoms with Crippen molar-refractivity contribution in [3.05, 3.63) is 48.5 Å². The third-order valence-corrected chi connectivity index (χ3v) is 6.57. The van der Waals surface area contributed by atoms with Crippen molar-refractivity contribution in [3.8, 4) is 11.5 Å². The summed E-state index contributed by atoms with van der Waals surface area (Å²) in [4.78, 5) is -0.291. The van der Waals surface area contributed by atoms with Crippen LogP contribution in [0.4, 0.5) is 17.1 Å². The van der Waals surface area contributed by atoms with Crippen LogP contribution in [0, 0.1) is 4.78 Å². The Kier molecular flexibility index (Phi) is 5.87. The Morgan fingerprint density at radius 3 is 2.29 bits per heavy atom. The normalized spacial score (nSPS) is 14.2. The minimum absolute atomic E-state index is 0.0880. The van der Waals surface area contributed by atoms with Gasteiger partial charge in [0, 0.05) is 19.5 Å². The highest BCUT2D eigenvalue weighted by molar-refractivity contribution is 7.90. The predicted molar refractivity (Wildman–Crippen MR) is 116 cm³/mol. The fourth-order valence-corrected chi connectivity index (χ4v) is 3.78. The predicted octanol–water partition coefficient (Wildman–Crippen LogP) is 3.76. The lowest BCUT2D eigenvalue weighted by molar-refractivity contribution is 0.474. The molecule has 0 saturated carbocycles. The van der Waals surface area contributed by atoms with Gasteiger partial charge in [0.15, 0.2) is 10.0 Å². The second-order valence-electron chi connectivity index (χ2n) is 6.60. The number of phenolic OH excluding ortho intramolecular Hbond substituents is 2. The van der Waals surface area contributed by atoms with Crippen LogP contribution in [0.5, 0.6) is 11.5 Å². The molecule has 31 heavy (non-hydrogen) atoms. The van der Waals surface area contributed by atoms with E-state index in [1.165, 1.54) is 26.2 Å². The number of benzene rings is 3. The maximum absolute atomic E-state index is 12.3. The zero-order valence-corrected chi connectivity index (χ0v) is 18.0. The third kappa shape index (κ3) is 4.74. The molecule has 11 nitrogen and oxygen atoms in total. The molecule has 0 aliphatic heterocycles. The van der Waals surface area contributed by atoms with Crippen molar-refractivity contribution in [2.75, 3.05) is 18.8 Å². The molecule has 1 unspecified atom stereocenters. The van der Waals surface area contributed by atoms with Gasteiger partial charge in [-0.25, -0.2) is 8.99 Å². The van der Waals surface area contributed by atoms with Crippen LogP contribution >= 0.6 is 0 Å². The third-order valence-electron chi connectivity index (χ3n) is 4.24. The monoisotopic (exact) mass is 465 g/mol. The van der Waals surface area contributed by atoms with Crippen LogP contribution in [0.2, 0.25) is 0 Å². The quantitative estimate of drug-likeness (QED) is 0.346. The lowest BCUT2D eigenvalue weighted by Crippen LogP contribution is -2.29. The fourth-order valence-electron chi connectivity index (χ4n) is 2.62. The molecule has 164 valence electrons. The number of fused-ring (bicyclic) bond motifs is 1. The number of nitrogens with zero attached hydrogens (tertiary/aromatic N) is 3. The highest BCUT2D eigenvalue weighted by Gasteiger charge is 2.18. The molecule has 5 N–H and O–H groups in total. The van der Waals surface area contributed by atoms with Gasteiger partial charge in [-0.3, -0.25) is 9.27 Å². The van der Waals surface area contributed by atoms with Gasteiger partial charge in [-0.2, -0.15) is 12.7 Å². The lowest BCUT2D eigenvalue weighted by Gasteiger charge is -2.16. The van der Waals surface area contributed by atoms with Crippen molar-refractivity contribution >= 4 is 48.1 Å². The molecular weight excluding hydrogens is 446 g/mol. The molecule has 0 amide bonds. The molecule has 0 aromatic heterocycles. The van der Waals surface area contributed by atoms with Gasteiger partial charge in [0.05, 0.1) is 10.6 Å². The molecule has 0 fully saturated rings.